The van der Waals surface area contributed by atoms with Crippen LogP contribution in [0.2, 0.25) is 0 Å². The van der Waals surface area contributed by atoms with Crippen LogP contribution in [0.5, 0.6) is 5.75 Å². The topological polar surface area (TPSA) is 65.3 Å². The SMILES string of the molecule is CCOc1cc(Br)cnc1[N+](=O)[O-]. The van der Waals surface area contributed by atoms with E-state index < -0.39 is 4.92 Å². The molecule has 0 atom stereocenters. The molecule has 0 amide bonds. The highest BCUT2D eigenvalue weighted by molar-refractivity contribution is 9.10. The van der Waals surface area contributed by atoms with Crippen molar-refractivity contribution in [3.63, 3.8) is 0 Å². The Morgan fingerprint density at radius 3 is 3.00 bits per heavy atom. The monoisotopic (exact) mass is 246 g/mol. The lowest BCUT2D eigenvalue weighted by Crippen LogP contribution is -1.99. The van der Waals surface area contributed by atoms with Crippen molar-refractivity contribution in [2.45, 2.75) is 6.92 Å². The van der Waals surface area contributed by atoms with Crippen LogP contribution in [0.4, 0.5) is 5.82 Å². The van der Waals surface area contributed by atoms with Crippen molar-refractivity contribution in [1.82, 2.24) is 4.98 Å². The predicted molar refractivity (Wildman–Crippen MR) is 49.8 cm³/mol. The maximum Gasteiger partial charge on any atom is 0.406 e. The summed E-state index contributed by atoms with van der Waals surface area (Å²) in [6.45, 7) is 2.13. The van der Waals surface area contributed by atoms with Crippen LogP contribution in [-0.2, 0) is 0 Å². The molecule has 6 heteroatoms. The van der Waals surface area contributed by atoms with Gasteiger partial charge in [-0.2, -0.15) is 0 Å². The van der Waals surface area contributed by atoms with Gasteiger partial charge in [0.2, 0.25) is 5.75 Å². The number of nitrogens with zero attached hydrogens (tertiary/aromatic N) is 2. The Morgan fingerprint density at radius 1 is 1.77 bits per heavy atom. The highest BCUT2D eigenvalue weighted by Gasteiger charge is 2.16. The Kier molecular flexibility index (Phi) is 3.18. The summed E-state index contributed by atoms with van der Waals surface area (Å²) in [5.41, 5.74) is 0. The number of nitro groups is 1. The number of rotatable bonds is 3. The van der Waals surface area contributed by atoms with Gasteiger partial charge in [0.25, 0.3) is 0 Å². The molecule has 70 valence electrons. The van der Waals surface area contributed by atoms with Gasteiger partial charge < -0.3 is 14.9 Å². The highest BCUT2D eigenvalue weighted by Crippen LogP contribution is 2.26. The third-order valence-corrected chi connectivity index (χ3v) is 1.71. The predicted octanol–water partition coefficient (Wildman–Crippen LogP) is 2.15. The zero-order chi connectivity index (χ0) is 9.84. The molecule has 0 unspecified atom stereocenters. The Balaban J connectivity index is 3.10. The molecule has 1 aromatic heterocycles. The summed E-state index contributed by atoms with van der Waals surface area (Å²) in [6.07, 6.45) is 1.36. The first-order valence-corrected chi connectivity index (χ1v) is 4.37. The van der Waals surface area contributed by atoms with E-state index in [-0.39, 0.29) is 11.6 Å². The van der Waals surface area contributed by atoms with Gasteiger partial charge in [-0.15, -0.1) is 0 Å². The van der Waals surface area contributed by atoms with Gasteiger partial charge >= 0.3 is 5.82 Å². The average molecular weight is 247 g/mol. The van der Waals surface area contributed by atoms with Gasteiger partial charge in [-0.1, -0.05) is 0 Å². The zero-order valence-corrected chi connectivity index (χ0v) is 8.44. The van der Waals surface area contributed by atoms with Crippen LogP contribution >= 0.6 is 15.9 Å². The summed E-state index contributed by atoms with van der Waals surface area (Å²) < 4.78 is 5.70. The number of halogens is 1. The fraction of sp³-hybridized carbons (Fsp3) is 0.286. The van der Waals surface area contributed by atoms with Crippen molar-refractivity contribution in [3.05, 3.63) is 26.9 Å². The molecular weight excluding hydrogens is 240 g/mol. The number of pyridine rings is 1. The lowest BCUT2D eigenvalue weighted by Gasteiger charge is -2.02. The molecule has 1 rings (SSSR count). The van der Waals surface area contributed by atoms with Crippen LogP contribution in [0.1, 0.15) is 6.92 Å². The molecule has 1 aromatic rings. The van der Waals surface area contributed by atoms with E-state index in [0.29, 0.717) is 11.1 Å². The molecule has 0 N–H and O–H groups in total. The molecule has 0 aliphatic rings. The van der Waals surface area contributed by atoms with Crippen molar-refractivity contribution in [3.8, 4) is 5.75 Å². The Morgan fingerprint density at radius 2 is 2.46 bits per heavy atom. The molecular formula is C7H7BrN2O3. The zero-order valence-electron chi connectivity index (χ0n) is 6.86. The summed E-state index contributed by atoms with van der Waals surface area (Å²) in [7, 11) is 0. The average Bonchev–Trinajstić information content (AvgIpc) is 2.04. The number of ether oxygens (including phenoxy) is 1. The molecule has 1 heterocycles. The highest BCUT2D eigenvalue weighted by atomic mass is 79.9. The van der Waals surface area contributed by atoms with Crippen LogP contribution in [0, 0.1) is 10.1 Å². The third kappa shape index (κ3) is 2.38. The first kappa shape index (κ1) is 9.91. The second-order valence-corrected chi connectivity index (χ2v) is 3.08. The minimum absolute atomic E-state index is 0.182. The molecule has 0 aliphatic carbocycles. The summed E-state index contributed by atoms with van der Waals surface area (Å²) in [5.74, 6) is -0.0769. The van der Waals surface area contributed by atoms with Crippen molar-refractivity contribution in [1.29, 1.82) is 0 Å². The fourth-order valence-corrected chi connectivity index (χ4v) is 1.12. The summed E-state index contributed by atoms with van der Waals surface area (Å²) >= 11 is 3.15. The number of aromatic nitrogens is 1. The van der Waals surface area contributed by atoms with Gasteiger partial charge in [0.1, 0.15) is 0 Å². The largest absolute Gasteiger partial charge is 0.486 e. The van der Waals surface area contributed by atoms with Crippen LogP contribution in [-0.4, -0.2) is 16.5 Å². The minimum Gasteiger partial charge on any atom is -0.486 e. The lowest BCUT2D eigenvalue weighted by molar-refractivity contribution is -0.390. The quantitative estimate of drug-likeness (QED) is 0.606. The fourth-order valence-electron chi connectivity index (χ4n) is 0.812. The minimum atomic E-state index is -0.572. The van der Waals surface area contributed by atoms with Crippen molar-refractivity contribution in [2.75, 3.05) is 6.61 Å². The number of hydrogen-bond acceptors (Lipinski definition) is 4. The third-order valence-electron chi connectivity index (χ3n) is 1.27. The maximum absolute atomic E-state index is 10.5. The van der Waals surface area contributed by atoms with E-state index in [1.54, 1.807) is 6.92 Å². The molecule has 0 fully saturated rings. The van der Waals surface area contributed by atoms with E-state index >= 15 is 0 Å². The van der Waals surface area contributed by atoms with E-state index in [2.05, 4.69) is 20.9 Å². The van der Waals surface area contributed by atoms with E-state index in [1.807, 2.05) is 0 Å². The van der Waals surface area contributed by atoms with Crippen molar-refractivity contribution < 1.29 is 9.66 Å². The van der Waals surface area contributed by atoms with Gasteiger partial charge in [-0.25, -0.2) is 0 Å². The molecule has 13 heavy (non-hydrogen) atoms. The van der Waals surface area contributed by atoms with E-state index in [0.717, 1.165) is 0 Å². The normalized spacial score (nSPS) is 9.69. The Hall–Kier alpha value is -1.17. The van der Waals surface area contributed by atoms with Crippen LogP contribution < -0.4 is 4.74 Å². The molecule has 0 spiro atoms. The molecule has 0 bridgehead atoms. The van der Waals surface area contributed by atoms with Gasteiger partial charge in [-0.05, 0) is 32.8 Å². The van der Waals surface area contributed by atoms with Crippen LogP contribution in [0.25, 0.3) is 0 Å². The van der Waals surface area contributed by atoms with E-state index in [4.69, 9.17) is 4.74 Å². The smallest absolute Gasteiger partial charge is 0.406 e. The van der Waals surface area contributed by atoms with Gasteiger partial charge in [-0.3, -0.25) is 0 Å². The van der Waals surface area contributed by atoms with Crippen LogP contribution in [0.3, 0.4) is 0 Å². The second-order valence-electron chi connectivity index (χ2n) is 2.17. The van der Waals surface area contributed by atoms with E-state index in [9.17, 15) is 10.1 Å². The lowest BCUT2D eigenvalue weighted by atomic mass is 10.4. The summed E-state index contributed by atoms with van der Waals surface area (Å²) in [5, 5.41) is 10.5. The Labute approximate surface area is 83.0 Å². The molecule has 0 aromatic carbocycles. The molecule has 0 radical (unpaired) electrons. The maximum atomic E-state index is 10.5. The first-order valence-electron chi connectivity index (χ1n) is 3.58. The summed E-state index contributed by atoms with van der Waals surface area (Å²) in [6, 6.07) is 1.52. The summed E-state index contributed by atoms with van der Waals surface area (Å²) in [4.78, 5) is 13.5. The van der Waals surface area contributed by atoms with Gasteiger partial charge in [0.05, 0.1) is 11.1 Å². The molecule has 0 saturated heterocycles. The molecule has 0 aliphatic heterocycles. The van der Waals surface area contributed by atoms with E-state index in [1.165, 1.54) is 12.3 Å². The first-order chi connectivity index (χ1) is 6.15. The Bertz CT molecular complexity index is 330. The van der Waals surface area contributed by atoms with Gasteiger partial charge in [0, 0.05) is 6.07 Å². The van der Waals surface area contributed by atoms with Gasteiger partial charge in [0.15, 0.2) is 6.20 Å². The van der Waals surface area contributed by atoms with Crippen LogP contribution in [0.15, 0.2) is 16.7 Å². The molecule has 0 saturated carbocycles. The molecule has 5 nitrogen and oxygen atoms in total. The van der Waals surface area contributed by atoms with Crippen molar-refractivity contribution >= 4 is 21.7 Å². The number of hydrogen-bond donors (Lipinski definition) is 0. The second kappa shape index (κ2) is 4.18. The van der Waals surface area contributed by atoms with Crippen molar-refractivity contribution in [2.24, 2.45) is 0 Å². The standard InChI is InChI=1S/C7H7BrN2O3/c1-2-13-6-3-5(8)4-9-7(6)10(11)12/h3-4H,2H2,1H3.